The van der Waals surface area contributed by atoms with Crippen LogP contribution in [0.4, 0.5) is 0 Å². The third-order valence-corrected chi connectivity index (χ3v) is 6.05. The van der Waals surface area contributed by atoms with Gasteiger partial charge in [-0.05, 0) is 45.0 Å². The van der Waals surface area contributed by atoms with Crippen molar-refractivity contribution in [2.75, 3.05) is 14.2 Å². The highest BCUT2D eigenvalue weighted by Gasteiger charge is 2.22. The van der Waals surface area contributed by atoms with Crippen LogP contribution in [0.2, 0.25) is 0 Å². The Morgan fingerprint density at radius 3 is 2.45 bits per heavy atom. The van der Waals surface area contributed by atoms with E-state index in [2.05, 4.69) is 5.32 Å². The molecule has 1 aromatic rings. The van der Waals surface area contributed by atoms with Gasteiger partial charge < -0.3 is 10.1 Å². The van der Waals surface area contributed by atoms with Crippen molar-refractivity contribution in [1.82, 2.24) is 5.32 Å². The molecular formula is C15H25NO3S. The van der Waals surface area contributed by atoms with Crippen molar-refractivity contribution in [1.29, 1.82) is 0 Å². The van der Waals surface area contributed by atoms with Crippen molar-refractivity contribution in [3.8, 4) is 5.75 Å². The maximum Gasteiger partial charge on any atom is 0.157 e. The van der Waals surface area contributed by atoms with Gasteiger partial charge in [-0.15, -0.1) is 0 Å². The van der Waals surface area contributed by atoms with Crippen molar-refractivity contribution in [2.24, 2.45) is 0 Å². The molecule has 20 heavy (non-hydrogen) atoms. The molecule has 0 bridgehead atoms. The van der Waals surface area contributed by atoms with Crippen molar-refractivity contribution < 1.29 is 13.2 Å². The zero-order valence-electron chi connectivity index (χ0n) is 12.9. The van der Waals surface area contributed by atoms with E-state index in [0.29, 0.717) is 12.2 Å². The van der Waals surface area contributed by atoms with Crippen LogP contribution in [0.25, 0.3) is 0 Å². The van der Waals surface area contributed by atoms with Gasteiger partial charge in [0.15, 0.2) is 9.84 Å². The number of sulfone groups is 1. The summed E-state index contributed by atoms with van der Waals surface area (Å²) in [6, 6.07) is 5.88. The lowest BCUT2D eigenvalue weighted by molar-refractivity contribution is 0.410. The Bertz CT molecular complexity index is 540. The Kier molecular flexibility index (Phi) is 6.02. The predicted molar refractivity (Wildman–Crippen MR) is 82.8 cm³/mol. The molecule has 0 aliphatic heterocycles. The van der Waals surface area contributed by atoms with Crippen molar-refractivity contribution in [3.63, 3.8) is 0 Å². The highest BCUT2D eigenvalue weighted by Crippen LogP contribution is 2.26. The molecule has 4 nitrogen and oxygen atoms in total. The standard InChI is InChI=1S/C15H25NO3S/c1-6-11(2)20(17,18)10-14-9-13(12(3)16-4)7-8-15(14)19-5/h7-9,11-12,16H,6,10H2,1-5H3. The number of hydrogen-bond donors (Lipinski definition) is 1. The Morgan fingerprint density at radius 2 is 1.95 bits per heavy atom. The second-order valence-corrected chi connectivity index (χ2v) is 7.53. The average molecular weight is 299 g/mol. The predicted octanol–water partition coefficient (Wildman–Crippen LogP) is 2.69. The second kappa shape index (κ2) is 7.09. The molecule has 0 saturated carbocycles. The smallest absolute Gasteiger partial charge is 0.157 e. The van der Waals surface area contributed by atoms with Gasteiger partial charge in [0.1, 0.15) is 5.75 Å². The molecule has 2 atom stereocenters. The second-order valence-electron chi connectivity index (χ2n) is 5.11. The van der Waals surface area contributed by atoms with Gasteiger partial charge in [-0.1, -0.05) is 13.0 Å². The van der Waals surface area contributed by atoms with Gasteiger partial charge in [-0.2, -0.15) is 0 Å². The third-order valence-electron chi connectivity index (χ3n) is 3.78. The number of methoxy groups -OCH3 is 1. The molecule has 0 aliphatic rings. The van der Waals surface area contributed by atoms with Crippen LogP contribution >= 0.6 is 0 Å². The van der Waals surface area contributed by atoms with E-state index in [9.17, 15) is 8.42 Å². The van der Waals surface area contributed by atoms with Crippen molar-refractivity contribution in [2.45, 2.75) is 44.2 Å². The Labute approximate surface area is 122 Å². The van der Waals surface area contributed by atoms with Gasteiger partial charge in [-0.3, -0.25) is 0 Å². The fourth-order valence-electron chi connectivity index (χ4n) is 1.96. The Hall–Kier alpha value is -1.07. The number of ether oxygens (including phenoxy) is 1. The van der Waals surface area contributed by atoms with Gasteiger partial charge in [0, 0.05) is 11.6 Å². The average Bonchev–Trinajstić information content (AvgIpc) is 2.44. The summed E-state index contributed by atoms with van der Waals surface area (Å²) in [5, 5.41) is 2.82. The van der Waals surface area contributed by atoms with Crippen LogP contribution in [0.5, 0.6) is 5.75 Å². The molecule has 0 radical (unpaired) electrons. The first-order valence-electron chi connectivity index (χ1n) is 6.91. The van der Waals surface area contributed by atoms with Crippen molar-refractivity contribution in [3.05, 3.63) is 29.3 Å². The zero-order chi connectivity index (χ0) is 15.3. The van der Waals surface area contributed by atoms with Crippen LogP contribution in [-0.4, -0.2) is 27.8 Å². The monoisotopic (exact) mass is 299 g/mol. The summed E-state index contributed by atoms with van der Waals surface area (Å²) in [6.45, 7) is 5.68. The molecule has 1 rings (SSSR count). The quantitative estimate of drug-likeness (QED) is 0.841. The molecule has 0 amide bonds. The van der Waals surface area contributed by atoms with Gasteiger partial charge in [0.2, 0.25) is 0 Å². The van der Waals surface area contributed by atoms with Gasteiger partial charge in [0.25, 0.3) is 0 Å². The fraction of sp³-hybridized carbons (Fsp3) is 0.600. The summed E-state index contributed by atoms with van der Waals surface area (Å²) < 4.78 is 29.8. The molecule has 5 heteroatoms. The first-order valence-corrected chi connectivity index (χ1v) is 8.62. The molecule has 0 fully saturated rings. The summed E-state index contributed by atoms with van der Waals surface area (Å²) in [6.07, 6.45) is 0.622. The maximum atomic E-state index is 12.3. The molecule has 0 aromatic heterocycles. The molecule has 0 heterocycles. The topological polar surface area (TPSA) is 55.4 Å². The number of nitrogens with one attached hydrogen (secondary N) is 1. The van der Waals surface area contributed by atoms with E-state index < -0.39 is 9.84 Å². The first-order chi connectivity index (χ1) is 9.35. The third kappa shape index (κ3) is 3.96. The van der Waals surface area contributed by atoms with Gasteiger partial charge >= 0.3 is 0 Å². The van der Waals surface area contributed by atoms with Crippen LogP contribution in [0.15, 0.2) is 18.2 Å². The van der Waals surface area contributed by atoms with Crippen LogP contribution in [0.3, 0.4) is 0 Å². The molecule has 114 valence electrons. The Morgan fingerprint density at radius 1 is 1.30 bits per heavy atom. The minimum absolute atomic E-state index is 0.0233. The van der Waals surface area contributed by atoms with E-state index in [-0.39, 0.29) is 17.0 Å². The lowest BCUT2D eigenvalue weighted by Crippen LogP contribution is -2.19. The molecule has 1 N–H and O–H groups in total. The minimum atomic E-state index is -3.15. The molecule has 1 aromatic carbocycles. The maximum absolute atomic E-state index is 12.3. The van der Waals surface area contributed by atoms with Crippen molar-refractivity contribution >= 4 is 9.84 Å². The lowest BCUT2D eigenvalue weighted by atomic mass is 10.1. The van der Waals surface area contributed by atoms with Crippen LogP contribution in [-0.2, 0) is 15.6 Å². The van der Waals surface area contributed by atoms with Crippen LogP contribution in [0, 0.1) is 0 Å². The lowest BCUT2D eigenvalue weighted by Gasteiger charge is -2.16. The zero-order valence-corrected chi connectivity index (χ0v) is 13.8. The summed E-state index contributed by atoms with van der Waals surface area (Å²) in [5.41, 5.74) is 1.79. The van der Waals surface area contributed by atoms with Gasteiger partial charge in [0.05, 0.1) is 18.1 Å². The summed E-state index contributed by atoms with van der Waals surface area (Å²) in [5.74, 6) is 0.652. The highest BCUT2D eigenvalue weighted by molar-refractivity contribution is 7.91. The number of hydrogen-bond acceptors (Lipinski definition) is 4. The van der Waals surface area contributed by atoms with Crippen LogP contribution < -0.4 is 10.1 Å². The first kappa shape index (κ1) is 17.0. The minimum Gasteiger partial charge on any atom is -0.496 e. The van der Waals surface area contributed by atoms with E-state index in [1.54, 1.807) is 14.0 Å². The normalized spacial score (nSPS) is 14.8. The van der Waals surface area contributed by atoms with E-state index in [0.717, 1.165) is 11.1 Å². The van der Waals surface area contributed by atoms with E-state index >= 15 is 0 Å². The summed E-state index contributed by atoms with van der Waals surface area (Å²) in [4.78, 5) is 0. The molecule has 2 unspecified atom stereocenters. The SMILES string of the molecule is CCC(C)S(=O)(=O)Cc1cc(C(C)NC)ccc1OC. The molecular weight excluding hydrogens is 274 g/mol. The summed E-state index contributed by atoms with van der Waals surface area (Å²) >= 11 is 0. The highest BCUT2D eigenvalue weighted by atomic mass is 32.2. The largest absolute Gasteiger partial charge is 0.496 e. The fourth-order valence-corrected chi connectivity index (χ4v) is 3.41. The van der Waals surface area contributed by atoms with E-state index in [1.807, 2.05) is 39.1 Å². The number of rotatable bonds is 7. The van der Waals surface area contributed by atoms with Gasteiger partial charge in [-0.25, -0.2) is 8.42 Å². The number of benzene rings is 1. The van der Waals surface area contributed by atoms with E-state index in [1.165, 1.54) is 0 Å². The Balaban J connectivity index is 3.15. The van der Waals surface area contributed by atoms with Crippen LogP contribution in [0.1, 0.15) is 44.4 Å². The summed E-state index contributed by atoms with van der Waals surface area (Å²) in [7, 11) is 0.299. The molecule has 0 spiro atoms. The molecule has 0 saturated heterocycles. The van der Waals surface area contributed by atoms with E-state index in [4.69, 9.17) is 4.74 Å². The molecule has 0 aliphatic carbocycles.